The third-order valence-electron chi connectivity index (χ3n) is 17.4. The van der Waals surface area contributed by atoms with Crippen molar-refractivity contribution in [3.8, 4) is 0 Å². The summed E-state index contributed by atoms with van der Waals surface area (Å²) in [5.41, 5.74) is 0. The number of aliphatic hydroxyl groups is 4. The summed E-state index contributed by atoms with van der Waals surface area (Å²) in [4.78, 5) is 22.5. The number of ether oxygens (including phenoxy) is 1. The lowest BCUT2D eigenvalue weighted by atomic mass is 10.0. The Balaban J connectivity index is 2.44. The summed E-state index contributed by atoms with van der Waals surface area (Å²) in [5.74, 6) is 2.02. The molecule has 0 aliphatic carbocycles. The van der Waals surface area contributed by atoms with E-state index < -0.39 is 12.2 Å². The predicted molar refractivity (Wildman–Crippen MR) is 383 cm³/mol. The number of rotatable bonds is 67. The number of unbranched alkanes of at least 4 members (excludes halogenated alkanes) is 28. The van der Waals surface area contributed by atoms with E-state index in [0.29, 0.717) is 52.2 Å². The first-order valence-electron chi connectivity index (χ1n) is 37.3. The van der Waals surface area contributed by atoms with E-state index in [1.807, 2.05) is 21.6 Å². The van der Waals surface area contributed by atoms with Crippen molar-refractivity contribution < 1.29 is 30.0 Å². The van der Waals surface area contributed by atoms with Gasteiger partial charge in [-0.15, -0.1) is 0 Å². The highest BCUT2D eigenvalue weighted by Crippen LogP contribution is 2.23. The van der Waals surface area contributed by atoms with E-state index in [1.54, 1.807) is 0 Å². The smallest absolute Gasteiger partial charge is 0.305 e. The Hall–Kier alpha value is -1.19. The van der Waals surface area contributed by atoms with Crippen LogP contribution < -0.4 is 0 Å². The standard InChI is InChI=1S/C75H144N4O6S2/c1-5-9-13-17-21-25-27-29-31-33-35-39-43-47-51-71(80)67-78(68-72(81)52-48-44-40-36-34-32-30-28-26-22-18-14-10-6-2)56-49-55-75(84)85-64-62-76-58-60-77(61-59-76)63-66-87-86-65-50-57-79(69-73(82)53-45-41-37-23-19-15-11-7-3)70-74(83)54-46-42-38-24-20-16-12-8-4/h21-22,25-26,29-32,71-74,80-83H,5-20,23-24,27-28,33-70H2,1-4H3/b25-21-,26-22-,31-29-,32-30-/t71-,72-,73?,74?/m1/s1. The van der Waals surface area contributed by atoms with Crippen LogP contribution in [0.15, 0.2) is 48.6 Å². The van der Waals surface area contributed by atoms with E-state index in [0.717, 1.165) is 154 Å². The number of esters is 1. The summed E-state index contributed by atoms with van der Waals surface area (Å²) in [7, 11) is 3.94. The van der Waals surface area contributed by atoms with Gasteiger partial charge in [0.1, 0.15) is 6.61 Å². The highest BCUT2D eigenvalue weighted by atomic mass is 33.1. The second kappa shape index (κ2) is 66.3. The molecule has 1 rings (SSSR count). The van der Waals surface area contributed by atoms with Gasteiger partial charge in [0.2, 0.25) is 0 Å². The maximum Gasteiger partial charge on any atom is 0.305 e. The lowest BCUT2D eigenvalue weighted by Crippen LogP contribution is -2.47. The minimum Gasteiger partial charge on any atom is -0.464 e. The van der Waals surface area contributed by atoms with Crippen molar-refractivity contribution in [2.24, 2.45) is 0 Å². The molecule has 0 amide bonds. The summed E-state index contributed by atoms with van der Waals surface area (Å²) >= 11 is 0. The van der Waals surface area contributed by atoms with E-state index in [1.165, 1.54) is 167 Å². The van der Waals surface area contributed by atoms with Gasteiger partial charge in [-0.1, -0.05) is 265 Å². The molecule has 1 saturated heterocycles. The predicted octanol–water partition coefficient (Wildman–Crippen LogP) is 18.7. The highest BCUT2D eigenvalue weighted by Gasteiger charge is 2.20. The number of carbonyl (C=O) groups excluding carboxylic acids is 1. The van der Waals surface area contributed by atoms with Crippen LogP contribution >= 0.6 is 21.6 Å². The average molecular weight is 1260 g/mol. The van der Waals surface area contributed by atoms with Gasteiger partial charge in [0.25, 0.3) is 0 Å². The van der Waals surface area contributed by atoms with Crippen molar-refractivity contribution in [2.75, 3.05) is 96.6 Å². The van der Waals surface area contributed by atoms with Crippen LogP contribution in [0.2, 0.25) is 0 Å². The number of hydrogen-bond acceptors (Lipinski definition) is 12. The van der Waals surface area contributed by atoms with Gasteiger partial charge in [-0.05, 0) is 116 Å². The molecule has 512 valence electrons. The topological polar surface area (TPSA) is 120 Å². The lowest BCUT2D eigenvalue weighted by Gasteiger charge is -2.34. The Morgan fingerprint density at radius 3 is 1.09 bits per heavy atom. The minimum atomic E-state index is -0.440. The first-order chi connectivity index (χ1) is 42.7. The Bertz CT molecular complexity index is 1470. The fourth-order valence-electron chi connectivity index (χ4n) is 11.8. The van der Waals surface area contributed by atoms with E-state index in [9.17, 15) is 25.2 Å². The second-order valence-corrected chi connectivity index (χ2v) is 28.7. The van der Waals surface area contributed by atoms with Crippen LogP contribution in [-0.2, 0) is 9.53 Å². The normalized spacial score (nSPS) is 15.2. The number of hydrogen-bond donors (Lipinski definition) is 4. The number of carbonyl (C=O) groups is 1. The van der Waals surface area contributed by atoms with Gasteiger partial charge < -0.3 is 25.2 Å². The fraction of sp³-hybridized carbons (Fsp3) is 0.880. The minimum absolute atomic E-state index is 0.155. The van der Waals surface area contributed by atoms with Gasteiger partial charge in [0, 0.05) is 83.4 Å². The molecule has 0 bridgehead atoms. The number of allylic oxidation sites excluding steroid dienone is 8. The van der Waals surface area contributed by atoms with Crippen LogP contribution in [0.25, 0.3) is 0 Å². The van der Waals surface area contributed by atoms with Gasteiger partial charge in [-0.25, -0.2) is 0 Å². The SMILES string of the molecule is CCCCC/C=C\C/C=C\CCCCCC[C@@H](O)CN(CCCC(=O)OCCN1CCN(CCSSCCCN(CC(O)CCCCCCCCCC)CC(O)CCCCCCCCCC)CC1)C[C@H](O)CCCCCC/C=C\C/C=C\CCCCC. The molecule has 10 nitrogen and oxygen atoms in total. The van der Waals surface area contributed by atoms with Crippen molar-refractivity contribution in [2.45, 2.75) is 328 Å². The Labute approximate surface area is 547 Å². The summed E-state index contributed by atoms with van der Waals surface area (Å²) in [6, 6.07) is 0. The third kappa shape index (κ3) is 59.6. The molecular weight excluding hydrogens is 1120 g/mol. The lowest BCUT2D eigenvalue weighted by molar-refractivity contribution is -0.144. The summed E-state index contributed by atoms with van der Waals surface area (Å²) < 4.78 is 5.76. The van der Waals surface area contributed by atoms with Crippen LogP contribution in [0, 0.1) is 0 Å². The monoisotopic (exact) mass is 1260 g/mol. The van der Waals surface area contributed by atoms with Crippen molar-refractivity contribution in [1.29, 1.82) is 0 Å². The maximum absolute atomic E-state index is 13.0. The highest BCUT2D eigenvalue weighted by molar-refractivity contribution is 8.76. The van der Waals surface area contributed by atoms with Gasteiger partial charge in [-0.3, -0.25) is 24.4 Å². The number of aliphatic hydroxyl groups excluding tert-OH is 4. The quantitative estimate of drug-likeness (QED) is 0.0201. The number of piperazine rings is 1. The molecule has 1 heterocycles. The van der Waals surface area contributed by atoms with Gasteiger partial charge in [0.05, 0.1) is 24.4 Å². The molecule has 1 aliphatic heterocycles. The van der Waals surface area contributed by atoms with Crippen LogP contribution in [0.5, 0.6) is 0 Å². The van der Waals surface area contributed by atoms with Crippen LogP contribution in [0.3, 0.4) is 0 Å². The zero-order chi connectivity index (χ0) is 63.0. The van der Waals surface area contributed by atoms with Crippen molar-refractivity contribution in [1.82, 2.24) is 19.6 Å². The summed E-state index contributed by atoms with van der Waals surface area (Å²) in [6.45, 7) is 19.3. The van der Waals surface area contributed by atoms with Crippen LogP contribution in [0.1, 0.15) is 304 Å². The van der Waals surface area contributed by atoms with Crippen molar-refractivity contribution in [3.63, 3.8) is 0 Å². The molecule has 4 N–H and O–H groups in total. The summed E-state index contributed by atoms with van der Waals surface area (Å²) in [6.07, 6.45) is 66.2. The second-order valence-electron chi connectivity index (χ2n) is 26.0. The maximum atomic E-state index is 13.0. The van der Waals surface area contributed by atoms with E-state index in [2.05, 4.69) is 95.9 Å². The van der Waals surface area contributed by atoms with Gasteiger partial charge in [0.15, 0.2) is 0 Å². The zero-order valence-electron chi connectivity index (χ0n) is 57.7. The zero-order valence-corrected chi connectivity index (χ0v) is 59.3. The first-order valence-corrected chi connectivity index (χ1v) is 39.8. The average Bonchev–Trinajstić information content (AvgIpc) is 3.61. The molecule has 1 aliphatic rings. The van der Waals surface area contributed by atoms with Crippen LogP contribution in [0.4, 0.5) is 0 Å². The number of nitrogens with zero attached hydrogens (tertiary/aromatic N) is 4. The molecule has 0 spiro atoms. The van der Waals surface area contributed by atoms with E-state index >= 15 is 0 Å². The largest absolute Gasteiger partial charge is 0.464 e. The first kappa shape index (κ1) is 83.8. The Morgan fingerprint density at radius 2 is 0.701 bits per heavy atom. The molecule has 87 heavy (non-hydrogen) atoms. The molecule has 12 heteroatoms. The molecule has 0 radical (unpaired) electrons. The molecule has 0 aromatic heterocycles. The van der Waals surface area contributed by atoms with Crippen molar-refractivity contribution in [3.05, 3.63) is 48.6 Å². The molecule has 2 unspecified atom stereocenters. The summed E-state index contributed by atoms with van der Waals surface area (Å²) in [5, 5.41) is 44.4. The fourth-order valence-corrected chi connectivity index (χ4v) is 13.9. The molecule has 1 fully saturated rings. The molecular formula is C75H144N4O6S2. The van der Waals surface area contributed by atoms with Gasteiger partial charge in [-0.2, -0.15) is 0 Å². The molecule has 0 aromatic rings. The molecule has 0 aromatic carbocycles. The van der Waals surface area contributed by atoms with Gasteiger partial charge >= 0.3 is 5.97 Å². The molecule has 0 saturated carbocycles. The Kier molecular flexibility index (Phi) is 63.9. The van der Waals surface area contributed by atoms with Crippen LogP contribution in [-0.4, -0.2) is 167 Å². The van der Waals surface area contributed by atoms with Crippen molar-refractivity contribution >= 4 is 27.6 Å². The third-order valence-corrected chi connectivity index (χ3v) is 19.9. The molecule has 4 atom stereocenters. The van der Waals surface area contributed by atoms with E-state index in [-0.39, 0.29) is 18.2 Å². The Morgan fingerprint density at radius 1 is 0.391 bits per heavy atom. The van der Waals surface area contributed by atoms with E-state index in [4.69, 9.17) is 4.74 Å².